The summed E-state index contributed by atoms with van der Waals surface area (Å²) in [6, 6.07) is 6.95. The average Bonchev–Trinajstić information content (AvgIpc) is 2.15. The summed E-state index contributed by atoms with van der Waals surface area (Å²) < 4.78 is 0.0474. The highest BCUT2D eigenvalue weighted by Gasteiger charge is 2.14. The predicted octanol–water partition coefficient (Wildman–Crippen LogP) is 4.22. The fraction of sp³-hybridized carbons (Fsp3) is 0.182. The Hall–Kier alpha value is -0.700. The highest BCUT2D eigenvalue weighted by atomic mass is 35.5. The van der Waals surface area contributed by atoms with Gasteiger partial charge in [-0.1, -0.05) is 46.9 Å². The minimum absolute atomic E-state index is 0.0474. The summed E-state index contributed by atoms with van der Waals surface area (Å²) in [5.74, 6) is -1.29. The van der Waals surface area contributed by atoms with Crippen LogP contribution in [0.25, 0.3) is 0 Å². The Labute approximate surface area is 108 Å². The maximum atomic E-state index is 10.7. The van der Waals surface area contributed by atoms with E-state index in [4.69, 9.17) is 39.9 Å². The highest BCUT2D eigenvalue weighted by molar-refractivity contribution is 6.55. The van der Waals surface area contributed by atoms with E-state index < -0.39 is 5.97 Å². The maximum absolute atomic E-state index is 10.7. The zero-order chi connectivity index (χ0) is 12.1. The topological polar surface area (TPSA) is 37.3 Å². The smallest absolute Gasteiger partial charge is 0.304 e. The van der Waals surface area contributed by atoms with Crippen LogP contribution in [0.15, 0.2) is 34.8 Å². The van der Waals surface area contributed by atoms with E-state index in [1.807, 2.05) is 0 Å². The molecule has 1 atom stereocenters. The molecule has 0 fully saturated rings. The number of halogens is 3. The van der Waals surface area contributed by atoms with Crippen LogP contribution < -0.4 is 0 Å². The quantitative estimate of drug-likeness (QED) is 0.896. The molecule has 1 N–H and O–H groups in total. The Morgan fingerprint density at radius 3 is 2.62 bits per heavy atom. The van der Waals surface area contributed by atoms with Gasteiger partial charge in [-0.25, -0.2) is 0 Å². The summed E-state index contributed by atoms with van der Waals surface area (Å²) in [6.45, 7) is 0. The van der Waals surface area contributed by atoms with Gasteiger partial charge in [-0.3, -0.25) is 4.79 Å². The third kappa shape index (κ3) is 4.44. The van der Waals surface area contributed by atoms with E-state index in [0.29, 0.717) is 5.02 Å². The SMILES string of the molecule is O=C(O)CC(C=C(Cl)Cl)c1cccc(Cl)c1. The fourth-order valence-corrected chi connectivity index (χ4v) is 1.85. The molecule has 1 unspecified atom stereocenters. The van der Waals surface area contributed by atoms with Crippen molar-refractivity contribution in [2.24, 2.45) is 0 Å². The van der Waals surface area contributed by atoms with Crippen LogP contribution in [0, 0.1) is 0 Å². The standard InChI is InChI=1S/C11H9Cl3O2/c12-9-3-1-2-7(4-9)8(5-10(13)14)6-11(15)16/h1-5,8H,6H2,(H,15,16). The first-order chi connectivity index (χ1) is 7.49. The van der Waals surface area contributed by atoms with Gasteiger partial charge in [0.2, 0.25) is 0 Å². The molecule has 0 saturated carbocycles. The third-order valence-electron chi connectivity index (χ3n) is 2.00. The highest BCUT2D eigenvalue weighted by Crippen LogP contribution is 2.27. The van der Waals surface area contributed by atoms with Gasteiger partial charge >= 0.3 is 5.97 Å². The van der Waals surface area contributed by atoms with E-state index in [0.717, 1.165) is 5.56 Å². The summed E-state index contributed by atoms with van der Waals surface area (Å²) >= 11 is 16.9. The van der Waals surface area contributed by atoms with Crippen molar-refractivity contribution < 1.29 is 9.90 Å². The van der Waals surface area contributed by atoms with Crippen molar-refractivity contribution in [3.63, 3.8) is 0 Å². The molecule has 86 valence electrons. The monoisotopic (exact) mass is 278 g/mol. The van der Waals surface area contributed by atoms with Gasteiger partial charge in [0.15, 0.2) is 0 Å². The van der Waals surface area contributed by atoms with E-state index in [1.54, 1.807) is 24.3 Å². The molecule has 0 aliphatic heterocycles. The Balaban J connectivity index is 3.00. The van der Waals surface area contributed by atoms with Crippen molar-refractivity contribution in [1.82, 2.24) is 0 Å². The number of rotatable bonds is 4. The molecule has 2 nitrogen and oxygen atoms in total. The first kappa shape index (κ1) is 13.4. The molecule has 0 aliphatic carbocycles. The Morgan fingerprint density at radius 2 is 2.12 bits per heavy atom. The van der Waals surface area contributed by atoms with Gasteiger partial charge in [-0.05, 0) is 23.8 Å². The van der Waals surface area contributed by atoms with Gasteiger partial charge in [0.1, 0.15) is 4.49 Å². The van der Waals surface area contributed by atoms with Gasteiger partial charge in [-0.15, -0.1) is 0 Å². The van der Waals surface area contributed by atoms with Crippen LogP contribution in [0.4, 0.5) is 0 Å². The van der Waals surface area contributed by atoms with Crippen LogP contribution in [-0.4, -0.2) is 11.1 Å². The molecule has 0 spiro atoms. The van der Waals surface area contributed by atoms with Gasteiger partial charge < -0.3 is 5.11 Å². The van der Waals surface area contributed by atoms with E-state index in [-0.39, 0.29) is 16.8 Å². The van der Waals surface area contributed by atoms with E-state index in [1.165, 1.54) is 6.08 Å². The average molecular weight is 280 g/mol. The predicted molar refractivity (Wildman–Crippen MR) is 66.2 cm³/mol. The molecule has 0 aromatic heterocycles. The molecule has 0 aliphatic rings. The lowest BCUT2D eigenvalue weighted by atomic mass is 9.96. The minimum Gasteiger partial charge on any atom is -0.481 e. The van der Waals surface area contributed by atoms with Crippen molar-refractivity contribution in [2.45, 2.75) is 12.3 Å². The van der Waals surface area contributed by atoms with Crippen LogP contribution in [0.3, 0.4) is 0 Å². The van der Waals surface area contributed by atoms with Crippen molar-refractivity contribution in [2.75, 3.05) is 0 Å². The molecule has 0 amide bonds. The van der Waals surface area contributed by atoms with E-state index >= 15 is 0 Å². The zero-order valence-corrected chi connectivity index (χ0v) is 10.4. The second-order valence-corrected chi connectivity index (χ2v) is 4.66. The molecule has 0 radical (unpaired) electrons. The number of allylic oxidation sites excluding steroid dienone is 1. The van der Waals surface area contributed by atoms with E-state index in [9.17, 15) is 4.79 Å². The molecule has 1 aromatic rings. The first-order valence-corrected chi connectivity index (χ1v) is 5.62. The lowest BCUT2D eigenvalue weighted by Gasteiger charge is -2.10. The molecule has 16 heavy (non-hydrogen) atoms. The lowest BCUT2D eigenvalue weighted by Crippen LogP contribution is -2.04. The second-order valence-electron chi connectivity index (χ2n) is 3.22. The third-order valence-corrected chi connectivity index (χ3v) is 2.49. The summed E-state index contributed by atoms with van der Waals surface area (Å²) in [7, 11) is 0. The van der Waals surface area contributed by atoms with Gasteiger partial charge in [-0.2, -0.15) is 0 Å². The summed E-state index contributed by atoms with van der Waals surface area (Å²) in [4.78, 5) is 10.7. The fourth-order valence-electron chi connectivity index (χ4n) is 1.35. The number of carboxylic acid groups (broad SMARTS) is 1. The van der Waals surface area contributed by atoms with Crippen LogP contribution >= 0.6 is 34.8 Å². The Kier molecular flexibility index (Phi) is 5.13. The molecule has 1 aromatic carbocycles. The summed E-state index contributed by atoms with van der Waals surface area (Å²) in [5.41, 5.74) is 0.772. The van der Waals surface area contributed by atoms with Crippen molar-refractivity contribution in [3.05, 3.63) is 45.4 Å². The lowest BCUT2D eigenvalue weighted by molar-refractivity contribution is -0.137. The van der Waals surface area contributed by atoms with E-state index in [2.05, 4.69) is 0 Å². The molecule has 0 heterocycles. The number of hydrogen-bond donors (Lipinski definition) is 1. The maximum Gasteiger partial charge on any atom is 0.304 e. The Morgan fingerprint density at radius 1 is 1.44 bits per heavy atom. The number of aliphatic carboxylic acids is 1. The van der Waals surface area contributed by atoms with Gasteiger partial charge in [0.05, 0.1) is 6.42 Å². The number of carbonyl (C=O) groups is 1. The summed E-state index contributed by atoms with van der Waals surface area (Å²) in [6.07, 6.45) is 1.41. The summed E-state index contributed by atoms with van der Waals surface area (Å²) in [5, 5.41) is 9.33. The molecular weight excluding hydrogens is 270 g/mol. The van der Waals surface area contributed by atoms with Crippen molar-refractivity contribution >= 4 is 40.8 Å². The molecule has 5 heteroatoms. The minimum atomic E-state index is -0.921. The van der Waals surface area contributed by atoms with Gasteiger partial charge in [0, 0.05) is 10.9 Å². The van der Waals surface area contributed by atoms with Crippen molar-refractivity contribution in [3.8, 4) is 0 Å². The van der Waals surface area contributed by atoms with Crippen LogP contribution in [-0.2, 0) is 4.79 Å². The van der Waals surface area contributed by atoms with Crippen LogP contribution in [0.5, 0.6) is 0 Å². The van der Waals surface area contributed by atoms with Crippen LogP contribution in [0.2, 0.25) is 5.02 Å². The van der Waals surface area contributed by atoms with Crippen LogP contribution in [0.1, 0.15) is 17.9 Å². The molecular formula is C11H9Cl3O2. The largest absolute Gasteiger partial charge is 0.481 e. The first-order valence-electron chi connectivity index (χ1n) is 4.49. The number of hydrogen-bond acceptors (Lipinski definition) is 1. The number of benzene rings is 1. The number of carboxylic acids is 1. The molecule has 0 bridgehead atoms. The Bertz CT molecular complexity index is 411. The van der Waals surface area contributed by atoms with Gasteiger partial charge in [0.25, 0.3) is 0 Å². The second kappa shape index (κ2) is 6.14. The molecule has 0 saturated heterocycles. The normalized spacial score (nSPS) is 11.9. The molecule has 1 rings (SSSR count). The zero-order valence-electron chi connectivity index (χ0n) is 8.16. The van der Waals surface area contributed by atoms with Crippen molar-refractivity contribution in [1.29, 1.82) is 0 Å².